The van der Waals surface area contributed by atoms with Crippen molar-refractivity contribution < 1.29 is 0 Å². The van der Waals surface area contributed by atoms with E-state index in [2.05, 4.69) is 49.0 Å². The smallest absolute Gasteiger partial charge is 0.130 e. The third-order valence-electron chi connectivity index (χ3n) is 2.47. The highest BCUT2D eigenvalue weighted by Gasteiger charge is 2.05. The molecule has 0 radical (unpaired) electrons. The summed E-state index contributed by atoms with van der Waals surface area (Å²) in [7, 11) is 0. The fraction of sp³-hybridized carbons (Fsp3) is 0.714. The van der Waals surface area contributed by atoms with Crippen molar-refractivity contribution in [1.82, 2.24) is 9.97 Å². The molecule has 0 unspecified atom stereocenters. The van der Waals surface area contributed by atoms with Crippen LogP contribution in [0.2, 0.25) is 0 Å². The van der Waals surface area contributed by atoms with E-state index < -0.39 is 0 Å². The molecule has 0 aliphatic carbocycles. The average Bonchev–Trinajstić information content (AvgIpc) is 2.25. The summed E-state index contributed by atoms with van der Waals surface area (Å²) in [5, 5.41) is 3.36. The molecule has 96 valence electrons. The Morgan fingerprint density at radius 1 is 1.18 bits per heavy atom. The van der Waals surface area contributed by atoms with Crippen molar-refractivity contribution in [2.45, 2.75) is 53.4 Å². The maximum Gasteiger partial charge on any atom is 0.130 e. The number of aryl methyl sites for hydroxylation is 1. The first-order valence-electron chi connectivity index (χ1n) is 6.76. The molecule has 0 fully saturated rings. The molecule has 0 saturated carbocycles. The van der Waals surface area contributed by atoms with E-state index in [0.717, 1.165) is 49.6 Å². The van der Waals surface area contributed by atoms with Crippen LogP contribution in [0.4, 0.5) is 5.82 Å². The molecule has 1 heterocycles. The number of hydrogen-bond donors (Lipinski definition) is 1. The first-order valence-corrected chi connectivity index (χ1v) is 6.76. The van der Waals surface area contributed by atoms with Crippen LogP contribution < -0.4 is 5.32 Å². The van der Waals surface area contributed by atoms with Gasteiger partial charge < -0.3 is 5.32 Å². The monoisotopic (exact) mass is 235 g/mol. The van der Waals surface area contributed by atoms with Gasteiger partial charge in [0.1, 0.15) is 11.6 Å². The molecule has 3 nitrogen and oxygen atoms in total. The Morgan fingerprint density at radius 2 is 1.94 bits per heavy atom. The third-order valence-corrected chi connectivity index (χ3v) is 2.47. The third kappa shape index (κ3) is 5.16. The summed E-state index contributed by atoms with van der Waals surface area (Å²) in [6.45, 7) is 9.75. The molecule has 0 saturated heterocycles. The second-order valence-electron chi connectivity index (χ2n) is 4.94. The Labute approximate surface area is 105 Å². The van der Waals surface area contributed by atoms with E-state index in [1.165, 1.54) is 0 Å². The van der Waals surface area contributed by atoms with E-state index in [1.54, 1.807) is 0 Å². The van der Waals surface area contributed by atoms with Gasteiger partial charge in [-0.05, 0) is 25.2 Å². The molecule has 17 heavy (non-hydrogen) atoms. The normalized spacial score (nSPS) is 10.9. The maximum absolute atomic E-state index is 4.62. The average molecular weight is 235 g/mol. The fourth-order valence-corrected chi connectivity index (χ4v) is 1.75. The predicted octanol–water partition coefficient (Wildman–Crippen LogP) is 3.45. The van der Waals surface area contributed by atoms with Gasteiger partial charge in [-0.15, -0.1) is 0 Å². The Bertz CT molecular complexity index is 334. The van der Waals surface area contributed by atoms with Gasteiger partial charge in [0, 0.05) is 24.7 Å². The van der Waals surface area contributed by atoms with Crippen LogP contribution in [0.1, 0.15) is 52.1 Å². The molecular formula is C14H25N3. The standard InChI is InChI=1S/C14H25N3/c1-5-7-13-16-12(9-11(3)4)10-14(17-13)15-8-6-2/h10-11H,5-9H2,1-4H3,(H,15,16,17). The van der Waals surface area contributed by atoms with Gasteiger partial charge in [-0.25, -0.2) is 9.97 Å². The Hall–Kier alpha value is -1.12. The summed E-state index contributed by atoms with van der Waals surface area (Å²) in [6, 6.07) is 2.09. The highest BCUT2D eigenvalue weighted by molar-refractivity contribution is 5.36. The Balaban J connectivity index is 2.84. The first-order chi connectivity index (χ1) is 8.15. The molecule has 1 aromatic heterocycles. The summed E-state index contributed by atoms with van der Waals surface area (Å²) < 4.78 is 0. The van der Waals surface area contributed by atoms with Crippen LogP contribution >= 0.6 is 0 Å². The summed E-state index contributed by atoms with van der Waals surface area (Å²) in [5.41, 5.74) is 1.16. The Kier molecular flexibility index (Phi) is 5.95. The van der Waals surface area contributed by atoms with Gasteiger partial charge in [0.15, 0.2) is 0 Å². The molecule has 0 bridgehead atoms. The number of hydrogen-bond acceptors (Lipinski definition) is 3. The van der Waals surface area contributed by atoms with E-state index in [4.69, 9.17) is 0 Å². The lowest BCUT2D eigenvalue weighted by atomic mass is 10.1. The van der Waals surface area contributed by atoms with Crippen molar-refractivity contribution >= 4 is 5.82 Å². The molecule has 1 aromatic rings. The molecule has 0 spiro atoms. The topological polar surface area (TPSA) is 37.8 Å². The van der Waals surface area contributed by atoms with E-state index >= 15 is 0 Å². The minimum Gasteiger partial charge on any atom is -0.370 e. The molecule has 0 aromatic carbocycles. The van der Waals surface area contributed by atoms with Crippen LogP contribution in [0.15, 0.2) is 6.07 Å². The van der Waals surface area contributed by atoms with Crippen molar-refractivity contribution in [3.8, 4) is 0 Å². The zero-order valence-corrected chi connectivity index (χ0v) is 11.6. The predicted molar refractivity (Wildman–Crippen MR) is 73.3 cm³/mol. The van der Waals surface area contributed by atoms with Crippen LogP contribution in [0, 0.1) is 5.92 Å². The van der Waals surface area contributed by atoms with Crippen molar-refractivity contribution in [3.63, 3.8) is 0 Å². The van der Waals surface area contributed by atoms with Crippen molar-refractivity contribution in [1.29, 1.82) is 0 Å². The molecule has 0 aliphatic rings. The van der Waals surface area contributed by atoms with Gasteiger partial charge in [-0.2, -0.15) is 0 Å². The highest BCUT2D eigenvalue weighted by atomic mass is 15.0. The second-order valence-corrected chi connectivity index (χ2v) is 4.94. The summed E-state index contributed by atoms with van der Waals surface area (Å²) >= 11 is 0. The largest absolute Gasteiger partial charge is 0.370 e. The molecule has 0 amide bonds. The van der Waals surface area contributed by atoms with E-state index in [1.807, 2.05) is 0 Å². The molecule has 1 N–H and O–H groups in total. The van der Waals surface area contributed by atoms with Gasteiger partial charge in [0.25, 0.3) is 0 Å². The second kappa shape index (κ2) is 7.25. The van der Waals surface area contributed by atoms with Crippen molar-refractivity contribution in [2.75, 3.05) is 11.9 Å². The number of nitrogens with one attached hydrogen (secondary N) is 1. The van der Waals surface area contributed by atoms with Gasteiger partial charge in [0.05, 0.1) is 0 Å². The van der Waals surface area contributed by atoms with E-state index in [0.29, 0.717) is 5.92 Å². The molecule has 0 aliphatic heterocycles. The Morgan fingerprint density at radius 3 is 2.53 bits per heavy atom. The highest BCUT2D eigenvalue weighted by Crippen LogP contribution is 2.12. The first kappa shape index (κ1) is 13.9. The number of nitrogens with zero attached hydrogens (tertiary/aromatic N) is 2. The van der Waals surface area contributed by atoms with E-state index in [-0.39, 0.29) is 0 Å². The summed E-state index contributed by atoms with van der Waals surface area (Å²) in [4.78, 5) is 9.17. The fourth-order valence-electron chi connectivity index (χ4n) is 1.75. The minimum absolute atomic E-state index is 0.637. The van der Waals surface area contributed by atoms with Gasteiger partial charge in [-0.1, -0.05) is 27.7 Å². The minimum atomic E-state index is 0.637. The van der Waals surface area contributed by atoms with E-state index in [9.17, 15) is 0 Å². The van der Waals surface area contributed by atoms with Crippen molar-refractivity contribution in [3.05, 3.63) is 17.6 Å². The van der Waals surface area contributed by atoms with Gasteiger partial charge in [0.2, 0.25) is 0 Å². The molecule has 3 heteroatoms. The van der Waals surface area contributed by atoms with Crippen LogP contribution in [0.5, 0.6) is 0 Å². The number of rotatable bonds is 7. The number of anilines is 1. The number of aromatic nitrogens is 2. The zero-order valence-electron chi connectivity index (χ0n) is 11.6. The summed E-state index contributed by atoms with van der Waals surface area (Å²) in [6.07, 6.45) is 4.21. The van der Waals surface area contributed by atoms with Crippen LogP contribution in [-0.2, 0) is 12.8 Å². The summed E-state index contributed by atoms with van der Waals surface area (Å²) in [5.74, 6) is 2.60. The SMILES string of the molecule is CCCNc1cc(CC(C)C)nc(CCC)n1. The quantitative estimate of drug-likeness (QED) is 0.786. The lowest BCUT2D eigenvalue weighted by Gasteiger charge is -2.10. The maximum atomic E-state index is 4.62. The molecule has 0 atom stereocenters. The van der Waals surface area contributed by atoms with Crippen molar-refractivity contribution in [2.24, 2.45) is 5.92 Å². The van der Waals surface area contributed by atoms with Crippen LogP contribution in [0.3, 0.4) is 0 Å². The van der Waals surface area contributed by atoms with Gasteiger partial charge in [-0.3, -0.25) is 0 Å². The molecule has 1 rings (SSSR count). The zero-order chi connectivity index (χ0) is 12.7. The molecular weight excluding hydrogens is 210 g/mol. The van der Waals surface area contributed by atoms with Crippen LogP contribution in [-0.4, -0.2) is 16.5 Å². The van der Waals surface area contributed by atoms with Gasteiger partial charge >= 0.3 is 0 Å². The lowest BCUT2D eigenvalue weighted by Crippen LogP contribution is -2.08. The lowest BCUT2D eigenvalue weighted by molar-refractivity contribution is 0.629. The van der Waals surface area contributed by atoms with Crippen LogP contribution in [0.25, 0.3) is 0 Å².